The molecule has 0 bridgehead atoms. The van der Waals surface area contributed by atoms with Crippen LogP contribution in [0, 0.1) is 0 Å². The maximum Gasteiger partial charge on any atom is 0.341 e. The predicted molar refractivity (Wildman–Crippen MR) is 71.8 cm³/mol. The Hall–Kier alpha value is -2.89. The van der Waals surface area contributed by atoms with Crippen LogP contribution >= 0.6 is 0 Å². The number of benzene rings is 1. The summed E-state index contributed by atoms with van der Waals surface area (Å²) in [6, 6.07) is 9.77. The second kappa shape index (κ2) is 6.33. The van der Waals surface area contributed by atoms with Crippen molar-refractivity contribution in [3.05, 3.63) is 54.4 Å². The van der Waals surface area contributed by atoms with Gasteiger partial charge in [0.25, 0.3) is 5.91 Å². The Morgan fingerprint density at radius 3 is 2.55 bits per heavy atom. The van der Waals surface area contributed by atoms with Crippen LogP contribution in [0.1, 0.15) is 10.4 Å². The number of aliphatic carboxylic acids is 1. The number of carbonyl (C=O) groups is 2. The van der Waals surface area contributed by atoms with E-state index in [1.54, 1.807) is 42.6 Å². The molecule has 0 unspecified atom stereocenters. The molecule has 1 aromatic carbocycles. The van der Waals surface area contributed by atoms with Crippen LogP contribution < -0.4 is 10.1 Å². The molecule has 102 valence electrons. The first-order valence-electron chi connectivity index (χ1n) is 5.81. The molecule has 20 heavy (non-hydrogen) atoms. The molecule has 6 heteroatoms. The monoisotopic (exact) mass is 272 g/mol. The number of hydrogen-bond donors (Lipinski definition) is 2. The van der Waals surface area contributed by atoms with Gasteiger partial charge in [0.1, 0.15) is 5.75 Å². The largest absolute Gasteiger partial charge is 0.482 e. The molecule has 6 nitrogen and oxygen atoms in total. The van der Waals surface area contributed by atoms with Crippen molar-refractivity contribution in [3.8, 4) is 5.75 Å². The number of carboxylic acids is 1. The van der Waals surface area contributed by atoms with Gasteiger partial charge in [-0.1, -0.05) is 0 Å². The molecule has 0 aliphatic carbocycles. The van der Waals surface area contributed by atoms with Gasteiger partial charge in [-0.05, 0) is 36.4 Å². The molecule has 0 radical (unpaired) electrons. The minimum Gasteiger partial charge on any atom is -0.482 e. The van der Waals surface area contributed by atoms with Crippen molar-refractivity contribution < 1.29 is 19.4 Å². The molecular formula is C14H12N2O4. The van der Waals surface area contributed by atoms with E-state index in [1.807, 2.05) is 0 Å². The second-order valence-electron chi connectivity index (χ2n) is 3.90. The number of amides is 1. The summed E-state index contributed by atoms with van der Waals surface area (Å²) in [6.45, 7) is -0.401. The lowest BCUT2D eigenvalue weighted by atomic mass is 10.2. The van der Waals surface area contributed by atoms with Gasteiger partial charge in [0.2, 0.25) is 0 Å². The quantitative estimate of drug-likeness (QED) is 0.866. The zero-order valence-electron chi connectivity index (χ0n) is 10.4. The normalized spacial score (nSPS) is 9.80. The zero-order valence-corrected chi connectivity index (χ0v) is 10.4. The third-order valence-electron chi connectivity index (χ3n) is 2.40. The SMILES string of the molecule is O=C(O)COc1ccc(NC(=O)c2cccnc2)cc1. The smallest absolute Gasteiger partial charge is 0.341 e. The van der Waals surface area contributed by atoms with Crippen LogP contribution in [0.15, 0.2) is 48.8 Å². The van der Waals surface area contributed by atoms with E-state index in [2.05, 4.69) is 10.3 Å². The number of pyridine rings is 1. The Kier molecular flexibility index (Phi) is 4.28. The maximum absolute atomic E-state index is 11.9. The molecule has 0 aliphatic rings. The highest BCUT2D eigenvalue weighted by Gasteiger charge is 2.06. The summed E-state index contributed by atoms with van der Waals surface area (Å²) in [5.41, 5.74) is 1.04. The fourth-order valence-corrected chi connectivity index (χ4v) is 1.48. The summed E-state index contributed by atoms with van der Waals surface area (Å²) in [5.74, 6) is -0.886. The maximum atomic E-state index is 11.9. The average molecular weight is 272 g/mol. The minimum atomic E-state index is -1.04. The van der Waals surface area contributed by atoms with Gasteiger partial charge in [0, 0.05) is 18.1 Å². The Morgan fingerprint density at radius 1 is 1.20 bits per heavy atom. The van der Waals surface area contributed by atoms with Crippen LogP contribution in [-0.2, 0) is 4.79 Å². The van der Waals surface area contributed by atoms with E-state index in [-0.39, 0.29) is 5.91 Å². The first-order valence-corrected chi connectivity index (χ1v) is 5.81. The summed E-state index contributed by atoms with van der Waals surface area (Å²) in [7, 11) is 0. The third kappa shape index (κ3) is 3.81. The van der Waals surface area contributed by atoms with Crippen LogP contribution in [0.2, 0.25) is 0 Å². The first-order chi connectivity index (χ1) is 9.65. The van der Waals surface area contributed by atoms with E-state index >= 15 is 0 Å². The molecule has 0 spiro atoms. The van der Waals surface area contributed by atoms with Gasteiger partial charge in [-0.2, -0.15) is 0 Å². The average Bonchev–Trinajstić information content (AvgIpc) is 2.47. The van der Waals surface area contributed by atoms with Crippen LogP contribution in [0.25, 0.3) is 0 Å². The molecule has 2 aromatic rings. The number of anilines is 1. The van der Waals surface area contributed by atoms with Crippen LogP contribution in [-0.4, -0.2) is 28.6 Å². The molecule has 1 aromatic heterocycles. The van der Waals surface area contributed by atoms with Gasteiger partial charge < -0.3 is 15.2 Å². The molecule has 0 saturated heterocycles. The van der Waals surface area contributed by atoms with Crippen molar-refractivity contribution in [2.75, 3.05) is 11.9 Å². The zero-order chi connectivity index (χ0) is 14.4. The number of ether oxygens (including phenoxy) is 1. The number of hydrogen-bond acceptors (Lipinski definition) is 4. The number of carbonyl (C=O) groups excluding carboxylic acids is 1. The minimum absolute atomic E-state index is 0.266. The Labute approximate surface area is 115 Å². The Balaban J connectivity index is 1.97. The number of rotatable bonds is 5. The van der Waals surface area contributed by atoms with Gasteiger partial charge >= 0.3 is 5.97 Å². The van der Waals surface area contributed by atoms with Gasteiger partial charge in [0.15, 0.2) is 6.61 Å². The molecule has 0 aliphatic heterocycles. The lowest BCUT2D eigenvalue weighted by Crippen LogP contribution is -2.12. The number of carboxylic acid groups (broad SMARTS) is 1. The van der Waals surface area contributed by atoms with Crippen LogP contribution in [0.5, 0.6) is 5.75 Å². The van der Waals surface area contributed by atoms with E-state index in [1.165, 1.54) is 6.20 Å². The molecular weight excluding hydrogens is 260 g/mol. The van der Waals surface area contributed by atoms with Crippen molar-refractivity contribution in [1.29, 1.82) is 0 Å². The van der Waals surface area contributed by atoms with Crippen LogP contribution in [0.3, 0.4) is 0 Å². The molecule has 0 fully saturated rings. The standard InChI is InChI=1S/C14H12N2O4/c17-13(18)9-20-12-5-3-11(4-6-12)16-14(19)10-2-1-7-15-8-10/h1-8H,9H2,(H,16,19)(H,17,18). The van der Waals surface area contributed by atoms with Crippen molar-refractivity contribution in [2.45, 2.75) is 0 Å². The summed E-state index contributed by atoms with van der Waals surface area (Å²) in [6.07, 6.45) is 3.06. The fraction of sp³-hybridized carbons (Fsp3) is 0.0714. The lowest BCUT2D eigenvalue weighted by molar-refractivity contribution is -0.139. The highest BCUT2D eigenvalue weighted by atomic mass is 16.5. The molecule has 1 amide bonds. The summed E-state index contributed by atoms with van der Waals surface area (Å²) < 4.78 is 4.99. The molecule has 1 heterocycles. The molecule has 0 atom stereocenters. The topological polar surface area (TPSA) is 88.5 Å². The molecule has 2 N–H and O–H groups in total. The van der Waals surface area contributed by atoms with E-state index in [0.29, 0.717) is 17.0 Å². The number of nitrogens with one attached hydrogen (secondary N) is 1. The number of nitrogens with zero attached hydrogens (tertiary/aromatic N) is 1. The summed E-state index contributed by atoms with van der Waals surface area (Å²) in [5, 5.41) is 11.2. The first kappa shape index (κ1) is 13.5. The Bertz CT molecular complexity index is 596. The highest BCUT2D eigenvalue weighted by Crippen LogP contribution is 2.16. The molecule has 0 saturated carbocycles. The summed E-state index contributed by atoms with van der Waals surface area (Å²) in [4.78, 5) is 26.1. The highest BCUT2D eigenvalue weighted by molar-refractivity contribution is 6.04. The van der Waals surface area contributed by atoms with Gasteiger partial charge in [-0.15, -0.1) is 0 Å². The lowest BCUT2D eigenvalue weighted by Gasteiger charge is -2.07. The van der Waals surface area contributed by atoms with E-state index in [9.17, 15) is 9.59 Å². The van der Waals surface area contributed by atoms with Crippen LogP contribution in [0.4, 0.5) is 5.69 Å². The van der Waals surface area contributed by atoms with Gasteiger partial charge in [-0.25, -0.2) is 4.79 Å². The molecule has 2 rings (SSSR count). The number of aromatic nitrogens is 1. The van der Waals surface area contributed by atoms with E-state index in [0.717, 1.165) is 0 Å². The summed E-state index contributed by atoms with van der Waals surface area (Å²) >= 11 is 0. The van der Waals surface area contributed by atoms with E-state index in [4.69, 9.17) is 9.84 Å². The van der Waals surface area contributed by atoms with Gasteiger partial charge in [0.05, 0.1) is 5.56 Å². The van der Waals surface area contributed by atoms with Crippen molar-refractivity contribution >= 4 is 17.6 Å². The Morgan fingerprint density at radius 2 is 1.95 bits per heavy atom. The predicted octanol–water partition coefficient (Wildman–Crippen LogP) is 1.80. The van der Waals surface area contributed by atoms with E-state index < -0.39 is 12.6 Å². The fourth-order valence-electron chi connectivity index (χ4n) is 1.48. The third-order valence-corrected chi connectivity index (χ3v) is 2.40. The van der Waals surface area contributed by atoms with Crippen molar-refractivity contribution in [1.82, 2.24) is 4.98 Å². The second-order valence-corrected chi connectivity index (χ2v) is 3.90. The van der Waals surface area contributed by atoms with Crippen molar-refractivity contribution in [3.63, 3.8) is 0 Å². The van der Waals surface area contributed by atoms with Crippen molar-refractivity contribution in [2.24, 2.45) is 0 Å². The van der Waals surface area contributed by atoms with Gasteiger partial charge in [-0.3, -0.25) is 9.78 Å².